The highest BCUT2D eigenvalue weighted by Crippen LogP contribution is 2.33. The van der Waals surface area contributed by atoms with Crippen molar-refractivity contribution < 1.29 is 4.42 Å². The number of hydrogen-bond donors (Lipinski definition) is 2. The first kappa shape index (κ1) is 23.6. The number of rotatable bonds is 4. The minimum Gasteiger partial charge on any atom is -0.435 e. The van der Waals surface area contributed by atoms with Gasteiger partial charge in [0.15, 0.2) is 5.58 Å². The predicted molar refractivity (Wildman–Crippen MR) is 166 cm³/mol. The number of nitrogens with zero attached hydrogens (tertiary/aromatic N) is 2. The van der Waals surface area contributed by atoms with Crippen molar-refractivity contribution in [3.63, 3.8) is 0 Å². The van der Waals surface area contributed by atoms with Gasteiger partial charge in [-0.2, -0.15) is 0 Å². The Morgan fingerprint density at radius 2 is 1.32 bits per heavy atom. The maximum Gasteiger partial charge on any atom is 0.227 e. The number of amidine groups is 1. The smallest absolute Gasteiger partial charge is 0.227 e. The maximum absolute atomic E-state index is 6.35. The van der Waals surface area contributed by atoms with E-state index in [2.05, 4.69) is 102 Å². The molecule has 0 saturated heterocycles. The van der Waals surface area contributed by atoms with Crippen LogP contribution in [0.5, 0.6) is 0 Å². The Morgan fingerprint density at radius 3 is 2.17 bits per heavy atom. The summed E-state index contributed by atoms with van der Waals surface area (Å²) >= 11 is 0. The summed E-state index contributed by atoms with van der Waals surface area (Å²) in [5.74, 6) is 1.48. The van der Waals surface area contributed by atoms with Gasteiger partial charge in [0.25, 0.3) is 0 Å². The van der Waals surface area contributed by atoms with Gasteiger partial charge in [-0.05, 0) is 57.6 Å². The van der Waals surface area contributed by atoms with Crippen LogP contribution in [0.25, 0.3) is 44.1 Å². The van der Waals surface area contributed by atoms with Crippen LogP contribution < -0.4 is 10.6 Å². The molecule has 2 unspecified atom stereocenters. The fourth-order valence-corrected chi connectivity index (χ4v) is 5.63. The van der Waals surface area contributed by atoms with Crippen molar-refractivity contribution >= 4 is 38.5 Å². The molecule has 2 atom stereocenters. The molecule has 6 aromatic carbocycles. The molecule has 2 N–H and O–H groups in total. The summed E-state index contributed by atoms with van der Waals surface area (Å²) in [5, 5.41) is 11.9. The second-order valence-electron chi connectivity index (χ2n) is 10.4. The Hall–Kier alpha value is -5.26. The Morgan fingerprint density at radius 1 is 0.585 bits per heavy atom. The molecule has 1 aliphatic heterocycles. The summed E-state index contributed by atoms with van der Waals surface area (Å²) in [6.45, 7) is 0. The molecule has 0 amide bonds. The van der Waals surface area contributed by atoms with Crippen molar-refractivity contribution in [2.24, 2.45) is 4.99 Å². The third-order valence-corrected chi connectivity index (χ3v) is 7.75. The number of aromatic nitrogens is 1. The summed E-state index contributed by atoms with van der Waals surface area (Å²) in [5.41, 5.74) is 5.86. The van der Waals surface area contributed by atoms with Crippen LogP contribution in [0.2, 0.25) is 0 Å². The van der Waals surface area contributed by atoms with E-state index in [1.807, 2.05) is 42.5 Å². The fraction of sp³-hybridized carbons (Fsp3) is 0.0556. The number of fused-ring (bicyclic) bond motifs is 4. The first-order valence-electron chi connectivity index (χ1n) is 13.8. The van der Waals surface area contributed by atoms with Crippen molar-refractivity contribution in [3.05, 3.63) is 150 Å². The molecule has 0 radical (unpaired) electrons. The standard InChI is InChI=1S/C36H26N4O/c1-3-10-25(11-4-1)33-38-34(28-17-15-23-9-7-8-14-27(23)21-28)40-35(39-33)29-18-16-24-19-20-31-32(30(24)22-29)41-36(37-31)26-12-5-2-6-13-26/h1-22,33,35,39H,(H,38,40). The van der Waals surface area contributed by atoms with Crippen LogP contribution in [0.1, 0.15) is 29.0 Å². The van der Waals surface area contributed by atoms with Gasteiger partial charge in [0.1, 0.15) is 23.7 Å². The lowest BCUT2D eigenvalue weighted by atomic mass is 10.0. The van der Waals surface area contributed by atoms with Gasteiger partial charge in [-0.15, -0.1) is 0 Å². The zero-order valence-corrected chi connectivity index (χ0v) is 22.2. The van der Waals surface area contributed by atoms with E-state index in [1.165, 1.54) is 10.8 Å². The molecule has 41 heavy (non-hydrogen) atoms. The third kappa shape index (κ3) is 4.33. The predicted octanol–water partition coefficient (Wildman–Crippen LogP) is 8.14. The fourth-order valence-electron chi connectivity index (χ4n) is 5.63. The van der Waals surface area contributed by atoms with Gasteiger partial charge in [-0.1, -0.05) is 103 Å². The molecule has 2 heterocycles. The van der Waals surface area contributed by atoms with Gasteiger partial charge < -0.3 is 9.73 Å². The number of nitrogens with one attached hydrogen (secondary N) is 2. The van der Waals surface area contributed by atoms with E-state index in [-0.39, 0.29) is 12.3 Å². The zero-order chi connectivity index (χ0) is 27.2. The van der Waals surface area contributed by atoms with Gasteiger partial charge in [0.05, 0.1) is 0 Å². The Balaban J connectivity index is 1.25. The summed E-state index contributed by atoms with van der Waals surface area (Å²) in [7, 11) is 0. The Bertz CT molecular complexity index is 2060. The van der Waals surface area contributed by atoms with E-state index in [4.69, 9.17) is 14.4 Å². The van der Waals surface area contributed by atoms with E-state index in [1.54, 1.807) is 0 Å². The van der Waals surface area contributed by atoms with Gasteiger partial charge in [0.2, 0.25) is 5.89 Å². The molecular formula is C36H26N4O. The molecule has 0 saturated carbocycles. The van der Waals surface area contributed by atoms with Crippen molar-refractivity contribution in [1.82, 2.24) is 15.6 Å². The van der Waals surface area contributed by atoms with Gasteiger partial charge in [0, 0.05) is 16.5 Å². The molecule has 8 rings (SSSR count). The lowest BCUT2D eigenvalue weighted by Gasteiger charge is -2.32. The molecule has 0 aliphatic carbocycles. The Labute approximate surface area is 237 Å². The molecular weight excluding hydrogens is 504 g/mol. The summed E-state index contributed by atoms with van der Waals surface area (Å²) in [6, 6.07) is 46.0. The summed E-state index contributed by atoms with van der Waals surface area (Å²) in [4.78, 5) is 9.98. The van der Waals surface area contributed by atoms with E-state index in [9.17, 15) is 0 Å². The lowest BCUT2D eigenvalue weighted by Crippen LogP contribution is -2.44. The zero-order valence-electron chi connectivity index (χ0n) is 22.2. The summed E-state index contributed by atoms with van der Waals surface area (Å²) < 4.78 is 6.35. The normalized spacial score (nSPS) is 17.0. The first-order chi connectivity index (χ1) is 20.3. The highest BCUT2D eigenvalue weighted by Gasteiger charge is 2.26. The van der Waals surface area contributed by atoms with Crippen LogP contribution in [0.15, 0.2) is 143 Å². The van der Waals surface area contributed by atoms with Crippen molar-refractivity contribution in [2.45, 2.75) is 12.3 Å². The molecule has 0 fully saturated rings. The number of benzene rings is 6. The molecule has 0 bridgehead atoms. The van der Waals surface area contributed by atoms with Crippen LogP contribution >= 0.6 is 0 Å². The SMILES string of the molecule is c1ccc(-c2nc3ccc4ccc(C5N=C(c6ccc7ccccc7c6)NC(c6ccccc6)N5)cc4c3o2)cc1. The molecule has 5 heteroatoms. The quantitative estimate of drug-likeness (QED) is 0.241. The largest absolute Gasteiger partial charge is 0.435 e. The maximum atomic E-state index is 6.35. The van der Waals surface area contributed by atoms with Crippen LogP contribution in [0.4, 0.5) is 0 Å². The Kier molecular flexibility index (Phi) is 5.61. The average molecular weight is 531 g/mol. The summed E-state index contributed by atoms with van der Waals surface area (Å²) in [6.07, 6.45) is -0.374. The average Bonchev–Trinajstić information content (AvgIpc) is 3.50. The molecule has 7 aromatic rings. The van der Waals surface area contributed by atoms with Crippen molar-refractivity contribution in [3.8, 4) is 11.5 Å². The number of oxazole rings is 1. The highest BCUT2D eigenvalue weighted by molar-refractivity contribution is 6.04. The molecule has 5 nitrogen and oxygen atoms in total. The van der Waals surface area contributed by atoms with Crippen molar-refractivity contribution in [2.75, 3.05) is 0 Å². The van der Waals surface area contributed by atoms with Crippen molar-refractivity contribution in [1.29, 1.82) is 0 Å². The van der Waals surface area contributed by atoms with Crippen LogP contribution in [-0.2, 0) is 0 Å². The van der Waals surface area contributed by atoms with Crippen LogP contribution in [0.3, 0.4) is 0 Å². The molecule has 0 spiro atoms. The lowest BCUT2D eigenvalue weighted by molar-refractivity contribution is 0.409. The minimum atomic E-state index is -0.265. The topological polar surface area (TPSA) is 62.5 Å². The van der Waals surface area contributed by atoms with E-state index in [0.29, 0.717) is 5.89 Å². The monoisotopic (exact) mass is 530 g/mol. The number of aliphatic imine (C=N–C) groups is 1. The second kappa shape index (κ2) is 9.73. The molecule has 1 aliphatic rings. The van der Waals surface area contributed by atoms with Gasteiger partial charge >= 0.3 is 0 Å². The second-order valence-corrected chi connectivity index (χ2v) is 10.4. The van der Waals surface area contributed by atoms with Gasteiger partial charge in [-0.25, -0.2) is 9.98 Å². The van der Waals surface area contributed by atoms with Gasteiger partial charge in [-0.3, -0.25) is 5.32 Å². The number of hydrogen-bond acceptors (Lipinski definition) is 5. The van der Waals surface area contributed by atoms with Crippen LogP contribution in [0, 0.1) is 0 Å². The minimum absolute atomic E-state index is 0.110. The highest BCUT2D eigenvalue weighted by atomic mass is 16.3. The molecule has 1 aromatic heterocycles. The van der Waals surface area contributed by atoms with E-state index >= 15 is 0 Å². The van der Waals surface area contributed by atoms with Crippen LogP contribution in [-0.4, -0.2) is 10.8 Å². The molecule has 196 valence electrons. The van der Waals surface area contributed by atoms with E-state index in [0.717, 1.165) is 50.0 Å². The van der Waals surface area contributed by atoms with E-state index < -0.39 is 0 Å². The first-order valence-corrected chi connectivity index (χ1v) is 13.8. The third-order valence-electron chi connectivity index (χ3n) is 7.75.